The third-order valence-corrected chi connectivity index (χ3v) is 6.85. The molecular formula is C24H26N6O2S. The van der Waals surface area contributed by atoms with Crippen LogP contribution in [0.3, 0.4) is 0 Å². The highest BCUT2D eigenvalue weighted by Gasteiger charge is 2.20. The number of sulfonamides is 1. The highest BCUT2D eigenvalue weighted by Crippen LogP contribution is 2.25. The summed E-state index contributed by atoms with van der Waals surface area (Å²) >= 11 is 0. The van der Waals surface area contributed by atoms with Crippen molar-refractivity contribution >= 4 is 27.2 Å². The van der Waals surface area contributed by atoms with Gasteiger partial charge in [0.05, 0.1) is 10.6 Å². The average molecular weight is 463 g/mol. The first kappa shape index (κ1) is 22.5. The molecule has 0 atom stereocenters. The van der Waals surface area contributed by atoms with Crippen molar-refractivity contribution in [1.82, 2.24) is 20.0 Å². The Hall–Kier alpha value is -3.72. The maximum atomic E-state index is 13.0. The molecule has 0 aliphatic carbocycles. The van der Waals surface area contributed by atoms with Crippen LogP contribution >= 0.6 is 0 Å². The number of nitrogens with zero attached hydrogens (tertiary/aromatic N) is 4. The Labute approximate surface area is 193 Å². The van der Waals surface area contributed by atoms with E-state index in [1.165, 1.54) is 0 Å². The van der Waals surface area contributed by atoms with Crippen LogP contribution in [-0.4, -0.2) is 28.4 Å². The van der Waals surface area contributed by atoms with Gasteiger partial charge < -0.3 is 5.32 Å². The SMILES string of the molecule is Cc1cc(C)c(S(=O)(=O)Nc2ccc(Nc3ccc(-n4nc(C)cc4C)nn3)cc2)c(C)c1. The maximum Gasteiger partial charge on any atom is 0.262 e. The number of aromatic nitrogens is 4. The first-order valence-electron chi connectivity index (χ1n) is 10.5. The summed E-state index contributed by atoms with van der Waals surface area (Å²) in [5.41, 5.74) is 5.61. The van der Waals surface area contributed by atoms with E-state index < -0.39 is 10.0 Å². The number of rotatable bonds is 6. The quantitative estimate of drug-likeness (QED) is 0.429. The van der Waals surface area contributed by atoms with Gasteiger partial charge in [-0.3, -0.25) is 4.72 Å². The van der Waals surface area contributed by atoms with Crippen LogP contribution in [-0.2, 0) is 10.0 Å². The van der Waals surface area contributed by atoms with E-state index in [1.54, 1.807) is 28.9 Å². The lowest BCUT2D eigenvalue weighted by molar-refractivity contribution is 0.600. The second kappa shape index (κ2) is 8.67. The third-order valence-electron chi connectivity index (χ3n) is 5.16. The molecular weight excluding hydrogens is 436 g/mol. The zero-order chi connectivity index (χ0) is 23.8. The van der Waals surface area contributed by atoms with Gasteiger partial charge in [0, 0.05) is 17.1 Å². The lowest BCUT2D eigenvalue weighted by Crippen LogP contribution is -2.16. The van der Waals surface area contributed by atoms with Gasteiger partial charge in [0.25, 0.3) is 10.0 Å². The average Bonchev–Trinajstić information content (AvgIpc) is 3.07. The van der Waals surface area contributed by atoms with E-state index in [2.05, 4.69) is 25.3 Å². The van der Waals surface area contributed by atoms with Gasteiger partial charge in [0.1, 0.15) is 0 Å². The largest absolute Gasteiger partial charge is 0.339 e. The van der Waals surface area contributed by atoms with E-state index in [9.17, 15) is 8.42 Å². The van der Waals surface area contributed by atoms with Gasteiger partial charge in [-0.2, -0.15) is 5.10 Å². The molecule has 2 aromatic heterocycles. The molecule has 2 aromatic carbocycles. The fraction of sp³-hybridized carbons (Fsp3) is 0.208. The Balaban J connectivity index is 1.47. The molecule has 2 N–H and O–H groups in total. The molecule has 0 fully saturated rings. The smallest absolute Gasteiger partial charge is 0.262 e. The zero-order valence-corrected chi connectivity index (χ0v) is 20.0. The number of hydrogen-bond donors (Lipinski definition) is 2. The molecule has 170 valence electrons. The van der Waals surface area contributed by atoms with Crippen molar-refractivity contribution in [2.24, 2.45) is 0 Å². The standard InChI is InChI=1S/C24H26N6O2S/c1-15-12-16(2)24(17(3)13-15)33(31,32)29-21-8-6-20(7-9-21)25-22-10-11-23(27-26-22)30-19(5)14-18(4)28-30/h6-14,29H,1-5H3,(H,25,26). The summed E-state index contributed by atoms with van der Waals surface area (Å²) in [6, 6.07) is 16.3. The van der Waals surface area contributed by atoms with Crippen molar-refractivity contribution in [1.29, 1.82) is 0 Å². The molecule has 8 nitrogen and oxygen atoms in total. The van der Waals surface area contributed by atoms with Gasteiger partial charge in [-0.05, 0) is 88.2 Å². The molecule has 0 spiro atoms. The van der Waals surface area contributed by atoms with E-state index >= 15 is 0 Å². The summed E-state index contributed by atoms with van der Waals surface area (Å²) in [4.78, 5) is 0.313. The van der Waals surface area contributed by atoms with Gasteiger partial charge in [0.15, 0.2) is 11.6 Å². The van der Waals surface area contributed by atoms with Crippen LogP contribution in [0, 0.1) is 34.6 Å². The summed E-state index contributed by atoms with van der Waals surface area (Å²) in [5.74, 6) is 1.21. The Kier molecular flexibility index (Phi) is 5.90. The maximum absolute atomic E-state index is 13.0. The first-order valence-corrected chi connectivity index (χ1v) is 12.0. The summed E-state index contributed by atoms with van der Waals surface area (Å²) in [6.45, 7) is 9.46. The Morgan fingerprint density at radius 1 is 0.788 bits per heavy atom. The predicted octanol–water partition coefficient (Wildman–Crippen LogP) is 4.75. The van der Waals surface area contributed by atoms with E-state index in [-0.39, 0.29) is 0 Å². The predicted molar refractivity (Wildman–Crippen MR) is 130 cm³/mol. The second-order valence-corrected chi connectivity index (χ2v) is 9.77. The van der Waals surface area contributed by atoms with Crippen molar-refractivity contribution in [2.75, 3.05) is 10.0 Å². The minimum Gasteiger partial charge on any atom is -0.339 e. The molecule has 0 aliphatic rings. The van der Waals surface area contributed by atoms with E-state index in [1.807, 2.05) is 65.0 Å². The molecule has 33 heavy (non-hydrogen) atoms. The van der Waals surface area contributed by atoms with Gasteiger partial charge in [-0.15, -0.1) is 10.2 Å². The van der Waals surface area contributed by atoms with Crippen LogP contribution in [0.2, 0.25) is 0 Å². The molecule has 0 aliphatic heterocycles. The third kappa shape index (κ3) is 4.88. The lowest BCUT2D eigenvalue weighted by Gasteiger charge is -2.14. The fourth-order valence-electron chi connectivity index (χ4n) is 3.93. The number of benzene rings is 2. The molecule has 0 unspecified atom stereocenters. The van der Waals surface area contributed by atoms with Crippen LogP contribution in [0.4, 0.5) is 17.2 Å². The Bertz CT molecular complexity index is 1390. The Morgan fingerprint density at radius 2 is 1.42 bits per heavy atom. The highest BCUT2D eigenvalue weighted by molar-refractivity contribution is 7.92. The van der Waals surface area contributed by atoms with Gasteiger partial charge >= 0.3 is 0 Å². The number of hydrogen-bond acceptors (Lipinski definition) is 6. The number of aryl methyl sites for hydroxylation is 5. The summed E-state index contributed by atoms with van der Waals surface area (Å²) in [7, 11) is -3.70. The molecule has 2 heterocycles. The molecule has 0 amide bonds. The topological polar surface area (TPSA) is 102 Å². The van der Waals surface area contributed by atoms with E-state index in [0.717, 1.165) is 33.8 Å². The van der Waals surface area contributed by atoms with Crippen molar-refractivity contribution in [2.45, 2.75) is 39.5 Å². The van der Waals surface area contributed by atoms with Gasteiger partial charge in [-0.25, -0.2) is 13.1 Å². The fourth-order valence-corrected chi connectivity index (χ4v) is 5.45. The molecule has 0 saturated carbocycles. The summed E-state index contributed by atoms with van der Waals surface area (Å²) < 4.78 is 30.3. The van der Waals surface area contributed by atoms with E-state index in [4.69, 9.17) is 0 Å². The number of nitrogens with one attached hydrogen (secondary N) is 2. The minimum atomic E-state index is -3.70. The van der Waals surface area contributed by atoms with Crippen molar-refractivity contribution < 1.29 is 8.42 Å². The van der Waals surface area contributed by atoms with E-state index in [0.29, 0.717) is 22.2 Å². The van der Waals surface area contributed by atoms with Crippen molar-refractivity contribution in [3.63, 3.8) is 0 Å². The molecule has 0 radical (unpaired) electrons. The van der Waals surface area contributed by atoms with Crippen molar-refractivity contribution in [3.05, 3.63) is 82.7 Å². The highest BCUT2D eigenvalue weighted by atomic mass is 32.2. The second-order valence-electron chi connectivity index (χ2n) is 8.15. The summed E-state index contributed by atoms with van der Waals surface area (Å²) in [6.07, 6.45) is 0. The molecule has 0 bridgehead atoms. The monoisotopic (exact) mass is 462 g/mol. The minimum absolute atomic E-state index is 0.313. The van der Waals surface area contributed by atoms with Gasteiger partial charge in [0.2, 0.25) is 0 Å². The van der Waals surface area contributed by atoms with Crippen LogP contribution in [0.15, 0.2) is 59.5 Å². The normalized spacial score (nSPS) is 11.4. The number of anilines is 3. The van der Waals surface area contributed by atoms with Crippen LogP contribution in [0.25, 0.3) is 5.82 Å². The lowest BCUT2D eigenvalue weighted by atomic mass is 10.1. The zero-order valence-electron chi connectivity index (χ0n) is 19.2. The first-order chi connectivity index (χ1) is 15.6. The van der Waals surface area contributed by atoms with Crippen LogP contribution < -0.4 is 10.0 Å². The molecule has 9 heteroatoms. The molecule has 4 aromatic rings. The van der Waals surface area contributed by atoms with Crippen LogP contribution in [0.5, 0.6) is 0 Å². The molecule has 4 rings (SSSR count). The molecule has 0 saturated heterocycles. The van der Waals surface area contributed by atoms with Crippen molar-refractivity contribution in [3.8, 4) is 5.82 Å². The Morgan fingerprint density at radius 3 is 1.97 bits per heavy atom. The summed E-state index contributed by atoms with van der Waals surface area (Å²) in [5, 5.41) is 16.0. The van der Waals surface area contributed by atoms with Gasteiger partial charge in [-0.1, -0.05) is 17.7 Å². The van der Waals surface area contributed by atoms with Crippen LogP contribution in [0.1, 0.15) is 28.1 Å².